The molecule has 0 aromatic carbocycles. The Balaban J connectivity index is 0.00000441. The van der Waals surface area contributed by atoms with Crippen molar-refractivity contribution in [3.63, 3.8) is 0 Å². The lowest BCUT2D eigenvalue weighted by Crippen LogP contribution is -2.45. The van der Waals surface area contributed by atoms with Gasteiger partial charge in [-0.15, -0.1) is 24.0 Å². The minimum atomic E-state index is 0. The van der Waals surface area contributed by atoms with E-state index in [-0.39, 0.29) is 35.5 Å². The van der Waals surface area contributed by atoms with Crippen LogP contribution in [0.5, 0.6) is 0 Å². The third kappa shape index (κ3) is 7.60. The first kappa shape index (κ1) is 21.4. The smallest absolute Gasteiger partial charge is 0.191 e. The first-order valence-electron chi connectivity index (χ1n) is 6.94. The van der Waals surface area contributed by atoms with Crippen LogP contribution in [0.1, 0.15) is 26.3 Å². The Hall–Kier alpha value is -0.600. The average Bonchev–Trinajstić information content (AvgIpc) is 2.43. The van der Waals surface area contributed by atoms with Gasteiger partial charge in [0, 0.05) is 33.4 Å². The number of hydrogen-bond acceptors (Lipinski definition) is 3. The number of halogens is 2. The summed E-state index contributed by atoms with van der Waals surface area (Å²) in [6.07, 6.45) is 1.85. The molecular formula is C15H26ClIN4O. The summed E-state index contributed by atoms with van der Waals surface area (Å²) in [6.45, 7) is 7.78. The van der Waals surface area contributed by atoms with Gasteiger partial charge < -0.3 is 15.4 Å². The molecule has 0 aliphatic heterocycles. The molecule has 0 amide bonds. The highest BCUT2D eigenvalue weighted by atomic mass is 127. The minimum Gasteiger partial charge on any atom is -0.379 e. The van der Waals surface area contributed by atoms with E-state index in [0.717, 1.165) is 11.5 Å². The highest BCUT2D eigenvalue weighted by Gasteiger charge is 2.24. The molecule has 5 nitrogen and oxygen atoms in total. The summed E-state index contributed by atoms with van der Waals surface area (Å²) >= 11 is 5.76. The van der Waals surface area contributed by atoms with Gasteiger partial charge >= 0.3 is 0 Å². The molecule has 0 saturated heterocycles. The Morgan fingerprint density at radius 2 is 2.05 bits per heavy atom. The van der Waals surface area contributed by atoms with E-state index in [1.807, 2.05) is 6.07 Å². The van der Waals surface area contributed by atoms with E-state index < -0.39 is 0 Å². The van der Waals surface area contributed by atoms with Crippen LogP contribution in [0.2, 0.25) is 5.15 Å². The van der Waals surface area contributed by atoms with E-state index in [2.05, 4.69) is 41.4 Å². The molecule has 1 atom stereocenters. The number of methoxy groups -OCH3 is 1. The molecule has 0 bridgehead atoms. The normalized spacial score (nSPS) is 13.3. The van der Waals surface area contributed by atoms with Crippen LogP contribution in [0.4, 0.5) is 0 Å². The first-order chi connectivity index (χ1) is 9.86. The van der Waals surface area contributed by atoms with Gasteiger partial charge in [0.1, 0.15) is 5.15 Å². The number of guanidine groups is 1. The van der Waals surface area contributed by atoms with Crippen molar-refractivity contribution in [1.82, 2.24) is 15.6 Å². The molecule has 1 rings (SSSR count). The SMILES string of the molecule is CN=C(NCc1ccc(Cl)nc1)NCC(OC)C(C)(C)C.I. The minimum absolute atomic E-state index is 0. The number of hydrogen-bond donors (Lipinski definition) is 2. The molecule has 22 heavy (non-hydrogen) atoms. The van der Waals surface area contributed by atoms with Crippen molar-refractivity contribution in [2.75, 3.05) is 20.7 Å². The van der Waals surface area contributed by atoms with E-state index in [0.29, 0.717) is 18.2 Å². The third-order valence-corrected chi connectivity index (χ3v) is 3.40. The van der Waals surface area contributed by atoms with Gasteiger partial charge in [-0.3, -0.25) is 4.99 Å². The van der Waals surface area contributed by atoms with Crippen molar-refractivity contribution in [2.45, 2.75) is 33.4 Å². The molecule has 0 saturated carbocycles. The van der Waals surface area contributed by atoms with Crippen LogP contribution in [-0.2, 0) is 11.3 Å². The average molecular weight is 441 g/mol. The van der Waals surface area contributed by atoms with Crippen molar-refractivity contribution < 1.29 is 4.74 Å². The van der Waals surface area contributed by atoms with Crippen molar-refractivity contribution in [3.05, 3.63) is 29.0 Å². The molecule has 0 fully saturated rings. The lowest BCUT2D eigenvalue weighted by atomic mass is 9.89. The maximum absolute atomic E-state index is 5.76. The quantitative estimate of drug-likeness (QED) is 0.320. The van der Waals surface area contributed by atoms with Gasteiger partial charge in [-0.05, 0) is 17.0 Å². The molecule has 1 heterocycles. The summed E-state index contributed by atoms with van der Waals surface area (Å²) in [5.74, 6) is 0.733. The number of nitrogens with one attached hydrogen (secondary N) is 2. The predicted molar refractivity (Wildman–Crippen MR) is 103 cm³/mol. The summed E-state index contributed by atoms with van der Waals surface area (Å²) in [5.41, 5.74) is 1.11. The zero-order valence-corrected chi connectivity index (χ0v) is 16.9. The fraction of sp³-hybridized carbons (Fsp3) is 0.600. The molecule has 0 aliphatic rings. The van der Waals surface area contributed by atoms with E-state index in [9.17, 15) is 0 Å². The standard InChI is InChI=1S/C15H25ClN4O.HI/c1-15(2,3)12(21-5)10-20-14(17-4)19-9-11-6-7-13(16)18-8-11;/h6-8,12H,9-10H2,1-5H3,(H2,17,19,20);1H. The number of ether oxygens (including phenoxy) is 1. The fourth-order valence-electron chi connectivity index (χ4n) is 1.85. The largest absolute Gasteiger partial charge is 0.379 e. The Morgan fingerprint density at radius 1 is 1.36 bits per heavy atom. The van der Waals surface area contributed by atoms with Gasteiger partial charge in [-0.25, -0.2) is 4.98 Å². The Morgan fingerprint density at radius 3 is 2.50 bits per heavy atom. The van der Waals surface area contributed by atoms with E-state index >= 15 is 0 Å². The third-order valence-electron chi connectivity index (χ3n) is 3.18. The summed E-state index contributed by atoms with van der Waals surface area (Å²) in [5, 5.41) is 7.01. The molecule has 7 heteroatoms. The van der Waals surface area contributed by atoms with Crippen molar-refractivity contribution >= 4 is 41.5 Å². The van der Waals surface area contributed by atoms with E-state index in [1.54, 1.807) is 26.4 Å². The van der Waals surface area contributed by atoms with Gasteiger partial charge in [-0.1, -0.05) is 38.4 Å². The van der Waals surface area contributed by atoms with Crippen LogP contribution in [0, 0.1) is 5.41 Å². The molecule has 0 aliphatic carbocycles. The van der Waals surface area contributed by atoms with Gasteiger partial charge in [0.2, 0.25) is 0 Å². The summed E-state index contributed by atoms with van der Waals surface area (Å²) in [4.78, 5) is 8.25. The van der Waals surface area contributed by atoms with Gasteiger partial charge in [0.15, 0.2) is 5.96 Å². The lowest BCUT2D eigenvalue weighted by Gasteiger charge is -2.30. The van der Waals surface area contributed by atoms with Crippen molar-refractivity contribution in [3.8, 4) is 0 Å². The highest BCUT2D eigenvalue weighted by Crippen LogP contribution is 2.20. The van der Waals surface area contributed by atoms with Crippen LogP contribution in [0.3, 0.4) is 0 Å². The molecule has 1 unspecified atom stereocenters. The van der Waals surface area contributed by atoms with Gasteiger partial charge in [-0.2, -0.15) is 0 Å². The number of aliphatic imine (C=N–C) groups is 1. The first-order valence-corrected chi connectivity index (χ1v) is 7.32. The maximum atomic E-state index is 5.76. The van der Waals surface area contributed by atoms with E-state index in [1.165, 1.54) is 0 Å². The molecule has 2 N–H and O–H groups in total. The Kier molecular flexibility index (Phi) is 9.95. The van der Waals surface area contributed by atoms with Crippen molar-refractivity contribution in [2.24, 2.45) is 10.4 Å². The second kappa shape index (κ2) is 10.2. The zero-order chi connectivity index (χ0) is 15.9. The number of rotatable bonds is 5. The lowest BCUT2D eigenvalue weighted by molar-refractivity contribution is 0.0205. The second-order valence-corrected chi connectivity index (χ2v) is 6.27. The fourth-order valence-corrected chi connectivity index (χ4v) is 1.96. The van der Waals surface area contributed by atoms with Crippen molar-refractivity contribution in [1.29, 1.82) is 0 Å². The van der Waals surface area contributed by atoms with Crippen LogP contribution in [-0.4, -0.2) is 37.7 Å². The molecule has 126 valence electrons. The highest BCUT2D eigenvalue weighted by molar-refractivity contribution is 14.0. The summed E-state index contributed by atoms with van der Waals surface area (Å²) in [7, 11) is 3.47. The molecular weight excluding hydrogens is 415 g/mol. The molecule has 1 aromatic heterocycles. The van der Waals surface area contributed by atoms with Crippen LogP contribution in [0.25, 0.3) is 0 Å². The number of pyridine rings is 1. The summed E-state index contributed by atoms with van der Waals surface area (Å²) in [6, 6.07) is 3.71. The zero-order valence-electron chi connectivity index (χ0n) is 13.8. The second-order valence-electron chi connectivity index (χ2n) is 5.89. The topological polar surface area (TPSA) is 58.5 Å². The molecule has 0 spiro atoms. The maximum Gasteiger partial charge on any atom is 0.191 e. The Bertz CT molecular complexity index is 460. The monoisotopic (exact) mass is 440 g/mol. The number of aromatic nitrogens is 1. The number of nitrogens with zero attached hydrogens (tertiary/aromatic N) is 2. The van der Waals surface area contributed by atoms with Gasteiger partial charge in [0.05, 0.1) is 6.10 Å². The Labute approximate surface area is 155 Å². The summed E-state index contributed by atoms with van der Waals surface area (Å²) < 4.78 is 5.52. The molecule has 1 aromatic rings. The van der Waals surface area contributed by atoms with Gasteiger partial charge in [0.25, 0.3) is 0 Å². The van der Waals surface area contributed by atoms with Crippen LogP contribution in [0.15, 0.2) is 23.3 Å². The predicted octanol–water partition coefficient (Wildman–Crippen LogP) is 3.08. The van der Waals surface area contributed by atoms with Crippen LogP contribution < -0.4 is 10.6 Å². The van der Waals surface area contributed by atoms with E-state index in [4.69, 9.17) is 16.3 Å². The molecule has 0 radical (unpaired) electrons. The van der Waals surface area contributed by atoms with Crippen LogP contribution >= 0.6 is 35.6 Å².